The van der Waals surface area contributed by atoms with Crippen LogP contribution >= 0.6 is 12.2 Å². The highest BCUT2D eigenvalue weighted by molar-refractivity contribution is 7.80. The first-order chi connectivity index (χ1) is 11.5. The summed E-state index contributed by atoms with van der Waals surface area (Å²) >= 11 is 5.10. The van der Waals surface area contributed by atoms with Crippen molar-refractivity contribution in [2.45, 2.75) is 27.4 Å². The van der Waals surface area contributed by atoms with Crippen LogP contribution in [0.2, 0.25) is 0 Å². The average molecular weight is 345 g/mol. The van der Waals surface area contributed by atoms with Gasteiger partial charge in [0.25, 0.3) is 5.17 Å². The molecule has 24 heavy (non-hydrogen) atoms. The first kappa shape index (κ1) is 18.1. The average Bonchev–Trinajstić information content (AvgIpc) is 2.56. The van der Waals surface area contributed by atoms with Gasteiger partial charge in [0.2, 0.25) is 0 Å². The smallest absolute Gasteiger partial charge is 0.260 e. The minimum atomic E-state index is 0.302. The van der Waals surface area contributed by atoms with Crippen LogP contribution in [0.5, 0.6) is 11.5 Å². The molecule has 0 unspecified atom stereocenters. The Kier molecular flexibility index (Phi) is 6.44. The predicted molar refractivity (Wildman–Crippen MR) is 101 cm³/mol. The van der Waals surface area contributed by atoms with Gasteiger partial charge in [0, 0.05) is 0 Å². The normalized spacial score (nSPS) is 10.2. The first-order valence-electron chi connectivity index (χ1n) is 7.84. The number of methoxy groups -OCH3 is 1. The molecule has 0 bridgehead atoms. The van der Waals surface area contributed by atoms with Gasteiger partial charge in [-0.2, -0.15) is 0 Å². The Balaban J connectivity index is 2.26. The van der Waals surface area contributed by atoms with Crippen LogP contribution in [0.25, 0.3) is 0 Å². The summed E-state index contributed by atoms with van der Waals surface area (Å²) in [7, 11) is 1.54. The standard InChI is InChI=1S/C19H23NO3S/c1-5-22-18-8-6-7-16(20-19(24)21-4)15(18)12-23-17-10-9-13(2)11-14(17)3/h6-11H,5,12H2,1-4H3,(H,20,24). The zero-order chi connectivity index (χ0) is 17.5. The molecule has 0 aromatic heterocycles. The Bertz CT molecular complexity index is 716. The lowest BCUT2D eigenvalue weighted by Crippen LogP contribution is -2.14. The second kappa shape index (κ2) is 8.55. The van der Waals surface area contributed by atoms with Crippen LogP contribution in [-0.4, -0.2) is 18.9 Å². The SMILES string of the molecule is CCOc1cccc(NC(=S)OC)c1COc1ccc(C)cc1C. The maximum atomic E-state index is 6.02. The number of aryl methyl sites for hydroxylation is 2. The third kappa shape index (κ3) is 4.61. The van der Waals surface area contributed by atoms with E-state index in [4.69, 9.17) is 26.4 Å². The fraction of sp³-hybridized carbons (Fsp3) is 0.316. The summed E-state index contributed by atoms with van der Waals surface area (Å²) in [6.07, 6.45) is 0. The molecule has 0 heterocycles. The number of hydrogen-bond acceptors (Lipinski definition) is 4. The van der Waals surface area contributed by atoms with E-state index >= 15 is 0 Å². The lowest BCUT2D eigenvalue weighted by Gasteiger charge is -2.17. The van der Waals surface area contributed by atoms with Crippen molar-refractivity contribution in [3.05, 3.63) is 53.1 Å². The Labute approximate surface area is 148 Å². The van der Waals surface area contributed by atoms with Crippen LogP contribution in [0.4, 0.5) is 5.69 Å². The summed E-state index contributed by atoms with van der Waals surface area (Å²) in [5.41, 5.74) is 4.03. The molecule has 5 heteroatoms. The number of ether oxygens (including phenoxy) is 3. The Morgan fingerprint density at radius 2 is 1.88 bits per heavy atom. The molecular formula is C19H23NO3S. The Morgan fingerprint density at radius 3 is 2.54 bits per heavy atom. The largest absolute Gasteiger partial charge is 0.493 e. The minimum Gasteiger partial charge on any atom is -0.493 e. The van der Waals surface area contributed by atoms with Gasteiger partial charge in [-0.05, 0) is 56.8 Å². The van der Waals surface area contributed by atoms with Crippen LogP contribution in [0, 0.1) is 13.8 Å². The van der Waals surface area contributed by atoms with Crippen LogP contribution in [0.3, 0.4) is 0 Å². The highest BCUT2D eigenvalue weighted by Crippen LogP contribution is 2.29. The van der Waals surface area contributed by atoms with E-state index in [2.05, 4.69) is 18.3 Å². The van der Waals surface area contributed by atoms with Crippen LogP contribution in [0.1, 0.15) is 23.6 Å². The van der Waals surface area contributed by atoms with Gasteiger partial charge in [-0.15, -0.1) is 0 Å². The molecule has 0 saturated carbocycles. The number of benzene rings is 2. The van der Waals surface area contributed by atoms with Crippen molar-refractivity contribution in [3.63, 3.8) is 0 Å². The number of thiocarbonyl (C=S) groups is 1. The van der Waals surface area contributed by atoms with Crippen molar-refractivity contribution in [3.8, 4) is 11.5 Å². The summed E-state index contributed by atoms with van der Waals surface area (Å²) in [6, 6.07) is 11.9. The van der Waals surface area contributed by atoms with E-state index in [1.165, 1.54) is 12.7 Å². The van der Waals surface area contributed by atoms with Crippen molar-refractivity contribution < 1.29 is 14.2 Å². The molecule has 0 fully saturated rings. The van der Waals surface area contributed by atoms with E-state index in [-0.39, 0.29) is 0 Å². The fourth-order valence-electron chi connectivity index (χ4n) is 2.39. The Hall–Kier alpha value is -2.27. The molecular weight excluding hydrogens is 322 g/mol. The van der Waals surface area contributed by atoms with Crippen molar-refractivity contribution in [2.75, 3.05) is 19.0 Å². The van der Waals surface area contributed by atoms with Crippen molar-refractivity contribution in [1.29, 1.82) is 0 Å². The van der Waals surface area contributed by atoms with Gasteiger partial charge < -0.3 is 19.5 Å². The van der Waals surface area contributed by atoms with Crippen molar-refractivity contribution >= 4 is 23.1 Å². The topological polar surface area (TPSA) is 39.7 Å². The molecule has 128 valence electrons. The number of anilines is 1. The highest BCUT2D eigenvalue weighted by Gasteiger charge is 2.12. The maximum absolute atomic E-state index is 6.02. The molecule has 4 nitrogen and oxygen atoms in total. The van der Waals surface area contributed by atoms with E-state index < -0.39 is 0 Å². The minimum absolute atomic E-state index is 0.302. The number of hydrogen-bond donors (Lipinski definition) is 1. The molecule has 0 radical (unpaired) electrons. The first-order valence-corrected chi connectivity index (χ1v) is 8.25. The van der Waals surface area contributed by atoms with Crippen LogP contribution < -0.4 is 14.8 Å². The summed E-state index contributed by atoms with van der Waals surface area (Å²) in [4.78, 5) is 0. The van der Waals surface area contributed by atoms with Gasteiger partial charge in [-0.25, -0.2) is 0 Å². The molecule has 0 amide bonds. The van der Waals surface area contributed by atoms with Crippen LogP contribution in [0.15, 0.2) is 36.4 Å². The van der Waals surface area contributed by atoms with Crippen molar-refractivity contribution in [1.82, 2.24) is 0 Å². The maximum Gasteiger partial charge on any atom is 0.260 e. The van der Waals surface area contributed by atoms with E-state index in [0.717, 1.165) is 28.3 Å². The fourth-order valence-corrected chi connectivity index (χ4v) is 2.50. The van der Waals surface area contributed by atoms with E-state index in [1.807, 2.05) is 44.2 Å². The van der Waals surface area contributed by atoms with Gasteiger partial charge >= 0.3 is 0 Å². The summed E-state index contributed by atoms with van der Waals surface area (Å²) < 4.78 is 16.8. The second-order valence-corrected chi connectivity index (χ2v) is 5.76. The quantitative estimate of drug-likeness (QED) is 0.773. The van der Waals surface area contributed by atoms with Gasteiger partial charge in [-0.1, -0.05) is 23.8 Å². The number of rotatable bonds is 6. The number of nitrogens with one attached hydrogen (secondary N) is 1. The molecule has 2 aromatic carbocycles. The van der Waals surface area contributed by atoms with E-state index in [9.17, 15) is 0 Å². The lowest BCUT2D eigenvalue weighted by atomic mass is 10.1. The molecule has 0 aliphatic rings. The van der Waals surface area contributed by atoms with Crippen LogP contribution in [-0.2, 0) is 11.3 Å². The third-order valence-corrected chi connectivity index (χ3v) is 3.83. The molecule has 1 N–H and O–H groups in total. The van der Waals surface area contributed by atoms with Gasteiger partial charge in [0.15, 0.2) is 0 Å². The summed E-state index contributed by atoms with van der Waals surface area (Å²) in [5, 5.41) is 3.37. The molecule has 0 spiro atoms. The molecule has 0 saturated heterocycles. The lowest BCUT2D eigenvalue weighted by molar-refractivity contribution is 0.285. The van der Waals surface area contributed by atoms with Crippen molar-refractivity contribution in [2.24, 2.45) is 0 Å². The van der Waals surface area contributed by atoms with E-state index in [0.29, 0.717) is 18.4 Å². The van der Waals surface area contributed by atoms with Gasteiger partial charge in [0.05, 0.1) is 25.0 Å². The summed E-state index contributed by atoms with van der Waals surface area (Å²) in [5.74, 6) is 1.62. The van der Waals surface area contributed by atoms with Gasteiger partial charge in [0.1, 0.15) is 18.1 Å². The van der Waals surface area contributed by atoms with E-state index in [1.54, 1.807) is 0 Å². The molecule has 2 rings (SSSR count). The van der Waals surface area contributed by atoms with Gasteiger partial charge in [-0.3, -0.25) is 0 Å². The predicted octanol–water partition coefficient (Wildman–Crippen LogP) is 4.62. The monoisotopic (exact) mass is 345 g/mol. The second-order valence-electron chi connectivity index (χ2n) is 5.39. The molecule has 0 atom stereocenters. The molecule has 2 aromatic rings. The highest BCUT2D eigenvalue weighted by atomic mass is 32.1. The zero-order valence-corrected chi connectivity index (χ0v) is 15.3. The Morgan fingerprint density at radius 1 is 1.08 bits per heavy atom. The summed E-state index contributed by atoms with van der Waals surface area (Å²) in [6.45, 7) is 7.00. The third-order valence-electron chi connectivity index (χ3n) is 3.56. The molecule has 0 aliphatic heterocycles. The zero-order valence-electron chi connectivity index (χ0n) is 14.5. The molecule has 0 aliphatic carbocycles.